The first kappa shape index (κ1) is 43.3. The van der Waals surface area contributed by atoms with E-state index in [-0.39, 0.29) is 47.5 Å². The van der Waals surface area contributed by atoms with Gasteiger partial charge in [-0.25, -0.2) is 0 Å². The zero-order valence-corrected chi connectivity index (χ0v) is 28.9. The third-order valence-corrected chi connectivity index (χ3v) is 3.26. The maximum absolute atomic E-state index is 11.1. The second-order valence-corrected chi connectivity index (χ2v) is 15.7. The van der Waals surface area contributed by atoms with Gasteiger partial charge in [0, 0.05) is 49.2 Å². The highest BCUT2D eigenvalue weighted by Gasteiger charge is 2.33. The summed E-state index contributed by atoms with van der Waals surface area (Å²) < 4.78 is 0. The van der Waals surface area contributed by atoms with Gasteiger partial charge in [-0.15, -0.1) is 0 Å². The van der Waals surface area contributed by atoms with Crippen LogP contribution in [0.25, 0.3) is 0 Å². The van der Waals surface area contributed by atoms with Crippen molar-refractivity contribution >= 4 is 23.6 Å². The predicted molar refractivity (Wildman–Crippen MR) is 167 cm³/mol. The number of hydrogen-bond acceptors (Lipinski definition) is 8. The quantitative estimate of drug-likeness (QED) is 0.401. The molecular formula is C31H62N4O6. The van der Waals surface area contributed by atoms with Crippen molar-refractivity contribution in [2.45, 2.75) is 146 Å². The van der Waals surface area contributed by atoms with Crippen LogP contribution in [0.15, 0.2) is 12.2 Å². The number of hydrogen-bond donors (Lipinski definition) is 3. The average Bonchev–Trinajstić information content (AvgIpc) is 3.12. The van der Waals surface area contributed by atoms with Crippen molar-refractivity contribution in [3.63, 3.8) is 0 Å². The molecule has 0 aromatic heterocycles. The first-order chi connectivity index (χ1) is 17.8. The van der Waals surface area contributed by atoms with Crippen molar-refractivity contribution in [3.8, 4) is 0 Å². The van der Waals surface area contributed by atoms with Gasteiger partial charge in [-0.3, -0.25) is 28.9 Å². The molecule has 242 valence electrons. The van der Waals surface area contributed by atoms with E-state index in [0.29, 0.717) is 18.5 Å². The molecule has 41 heavy (non-hydrogen) atoms. The summed E-state index contributed by atoms with van der Waals surface area (Å²) in [5, 5.41) is 12.6. The molecule has 2 aliphatic heterocycles. The van der Waals surface area contributed by atoms with Gasteiger partial charge in [0.15, 0.2) is 0 Å². The lowest BCUT2D eigenvalue weighted by Crippen LogP contribution is -2.43. The largest absolute Gasteiger partial charge is 0.391 e. The number of rotatable bonds is 4. The van der Waals surface area contributed by atoms with Gasteiger partial charge in [-0.1, -0.05) is 27.7 Å². The second-order valence-electron chi connectivity index (χ2n) is 15.7. The van der Waals surface area contributed by atoms with Gasteiger partial charge in [-0.2, -0.15) is 5.06 Å². The Labute approximate surface area is 250 Å². The maximum Gasteiger partial charge on any atom is 0.254 e. The number of carbonyl (C=O) groups is 4. The molecule has 2 heterocycles. The molecule has 1 fully saturated rings. The summed E-state index contributed by atoms with van der Waals surface area (Å²) >= 11 is 0. The number of aliphatic hydroxyl groups is 1. The van der Waals surface area contributed by atoms with Crippen molar-refractivity contribution in [2.75, 3.05) is 13.1 Å². The molecule has 0 atom stereocenters. The number of nitrogens with two attached hydrogens (primary N) is 1. The Morgan fingerprint density at radius 3 is 1.29 bits per heavy atom. The Morgan fingerprint density at radius 1 is 0.756 bits per heavy atom. The molecule has 10 heteroatoms. The van der Waals surface area contributed by atoms with E-state index in [2.05, 4.69) is 33.0 Å². The van der Waals surface area contributed by atoms with E-state index in [1.54, 1.807) is 41.5 Å². The molecule has 0 aromatic rings. The lowest BCUT2D eigenvalue weighted by atomic mass is 10.0. The summed E-state index contributed by atoms with van der Waals surface area (Å²) in [6.45, 7) is 32.4. The van der Waals surface area contributed by atoms with Gasteiger partial charge < -0.3 is 16.2 Å². The van der Waals surface area contributed by atoms with Gasteiger partial charge in [-0.05, 0) is 88.5 Å². The van der Waals surface area contributed by atoms with Crippen LogP contribution in [0.4, 0.5) is 0 Å². The fourth-order valence-electron chi connectivity index (χ4n) is 2.13. The van der Waals surface area contributed by atoms with Crippen LogP contribution in [0.2, 0.25) is 0 Å². The summed E-state index contributed by atoms with van der Waals surface area (Å²) in [5.41, 5.74) is 4.88. The highest BCUT2D eigenvalue weighted by Crippen LogP contribution is 2.18. The van der Waals surface area contributed by atoms with Gasteiger partial charge in [0.05, 0.1) is 11.2 Å². The smallest absolute Gasteiger partial charge is 0.254 e. The minimum absolute atomic E-state index is 0. The predicted octanol–water partition coefficient (Wildman–Crippen LogP) is 4.74. The monoisotopic (exact) mass is 586 g/mol. The molecule has 1 saturated heterocycles. The lowest BCUT2D eigenvalue weighted by Gasteiger charge is -2.24. The summed E-state index contributed by atoms with van der Waals surface area (Å²) in [7, 11) is 0. The lowest BCUT2D eigenvalue weighted by molar-refractivity contribution is -0.218. The van der Waals surface area contributed by atoms with Crippen LogP contribution in [-0.4, -0.2) is 74.1 Å². The Hall–Kier alpha value is -2.14. The molecule has 0 saturated carbocycles. The molecule has 4 N–H and O–H groups in total. The van der Waals surface area contributed by atoms with E-state index in [1.807, 2.05) is 41.5 Å². The Kier molecular flexibility index (Phi) is 18.7. The number of amides is 4. The van der Waals surface area contributed by atoms with E-state index in [4.69, 9.17) is 15.7 Å². The van der Waals surface area contributed by atoms with Crippen LogP contribution in [0, 0.1) is 5.41 Å². The first-order valence-electron chi connectivity index (χ1n) is 14.1. The molecule has 0 bridgehead atoms. The summed E-state index contributed by atoms with van der Waals surface area (Å²) in [4.78, 5) is 50.7. The van der Waals surface area contributed by atoms with Gasteiger partial charge >= 0.3 is 0 Å². The zero-order valence-electron chi connectivity index (χ0n) is 28.9. The van der Waals surface area contributed by atoms with Crippen LogP contribution < -0.4 is 11.1 Å². The fraction of sp³-hybridized carbons (Fsp3) is 0.806. The normalized spacial score (nSPS) is 15.8. The number of carbonyl (C=O) groups excluding carboxylic acids is 4. The van der Waals surface area contributed by atoms with Crippen molar-refractivity contribution < 1.29 is 29.1 Å². The van der Waals surface area contributed by atoms with Crippen LogP contribution >= 0.6 is 0 Å². The van der Waals surface area contributed by atoms with E-state index < -0.39 is 11.2 Å². The molecule has 2 rings (SSSR count). The SMILES string of the molecule is CC(C)(C)C.CC(C)(C)N.CC(C)(C)NCCN1C(=O)C=CC1=O.CC(C)(C)O.CC(C)(C)ON1C(=O)CCC1=O. The Bertz CT molecular complexity index is 768. The van der Waals surface area contributed by atoms with Crippen molar-refractivity contribution in [1.82, 2.24) is 15.3 Å². The van der Waals surface area contributed by atoms with Gasteiger partial charge in [0.2, 0.25) is 0 Å². The molecule has 0 radical (unpaired) electrons. The van der Waals surface area contributed by atoms with Crippen molar-refractivity contribution in [3.05, 3.63) is 12.2 Å². The molecular weight excluding hydrogens is 524 g/mol. The van der Waals surface area contributed by atoms with E-state index >= 15 is 0 Å². The fourth-order valence-corrected chi connectivity index (χ4v) is 2.13. The minimum Gasteiger partial charge on any atom is -0.391 e. The minimum atomic E-state index is -0.500. The number of nitrogens with one attached hydrogen (secondary N) is 1. The van der Waals surface area contributed by atoms with Crippen molar-refractivity contribution in [2.24, 2.45) is 11.1 Å². The third-order valence-electron chi connectivity index (χ3n) is 3.26. The highest BCUT2D eigenvalue weighted by molar-refractivity contribution is 6.12. The third kappa shape index (κ3) is 37.9. The van der Waals surface area contributed by atoms with Gasteiger partial charge in [0.25, 0.3) is 23.6 Å². The standard InChI is InChI=1S/C10H16N2O2.C8H13NO3.C5H12.C4H11N.C4H10O/c1-10(2,3)11-6-7-12-8(13)4-5-9(12)14;1-8(2,3)12-9-6(10)4-5-7(9)11;1-5(2,3)4;2*1-4(2,3)5/h4-5,11H,6-7H2,1-3H3;4-5H2,1-3H3;1-4H3;5H2,1-3H3;5H,1-3H3. The molecule has 2 aliphatic rings. The van der Waals surface area contributed by atoms with Crippen molar-refractivity contribution in [1.29, 1.82) is 0 Å². The number of nitrogens with zero attached hydrogens (tertiary/aromatic N) is 2. The molecule has 0 aliphatic carbocycles. The summed E-state index contributed by atoms with van der Waals surface area (Å²) in [6, 6.07) is 0. The van der Waals surface area contributed by atoms with Crippen LogP contribution in [0.3, 0.4) is 0 Å². The zero-order chi connectivity index (χ0) is 33.6. The molecule has 10 nitrogen and oxygen atoms in total. The molecule has 0 aromatic carbocycles. The number of imide groups is 2. The highest BCUT2D eigenvalue weighted by atomic mass is 16.7. The average molecular weight is 587 g/mol. The second kappa shape index (κ2) is 17.7. The van der Waals surface area contributed by atoms with Gasteiger partial charge in [0.1, 0.15) is 0 Å². The van der Waals surface area contributed by atoms with Crippen LogP contribution in [0.1, 0.15) is 124 Å². The summed E-state index contributed by atoms with van der Waals surface area (Å²) in [6.07, 6.45) is 3.16. The van der Waals surface area contributed by atoms with E-state index in [9.17, 15) is 19.2 Å². The number of hydroxylamine groups is 2. The van der Waals surface area contributed by atoms with E-state index in [1.165, 1.54) is 17.1 Å². The Morgan fingerprint density at radius 2 is 1.05 bits per heavy atom. The molecule has 0 spiro atoms. The summed E-state index contributed by atoms with van der Waals surface area (Å²) in [5.74, 6) is -0.915. The Balaban J connectivity index is -0.000000481. The first-order valence-corrected chi connectivity index (χ1v) is 14.1. The van der Waals surface area contributed by atoms with Crippen LogP contribution in [-0.2, 0) is 24.0 Å². The molecule has 0 unspecified atom stereocenters. The van der Waals surface area contributed by atoms with E-state index in [0.717, 1.165) is 5.06 Å². The van der Waals surface area contributed by atoms with Crippen LogP contribution in [0.5, 0.6) is 0 Å². The topological polar surface area (TPSA) is 142 Å². The molecule has 4 amide bonds. The maximum atomic E-state index is 11.1.